The van der Waals surface area contributed by atoms with Crippen LogP contribution in [0, 0.1) is 5.82 Å². The number of benzene rings is 1. The van der Waals surface area contributed by atoms with E-state index >= 15 is 0 Å². The van der Waals surface area contributed by atoms with Crippen LogP contribution in [0.25, 0.3) is 0 Å². The van der Waals surface area contributed by atoms with Crippen molar-refractivity contribution in [3.05, 3.63) is 29.6 Å². The number of ether oxygens (including phenoxy) is 2. The van der Waals surface area contributed by atoms with Crippen LogP contribution in [0.15, 0.2) is 18.2 Å². The molecule has 0 spiro atoms. The van der Waals surface area contributed by atoms with E-state index in [9.17, 15) is 4.39 Å². The molecule has 0 aliphatic rings. The van der Waals surface area contributed by atoms with Crippen molar-refractivity contribution in [3.8, 4) is 5.75 Å². The quantitative estimate of drug-likeness (QED) is 0.862. The predicted octanol–water partition coefficient (Wildman–Crippen LogP) is 2.65. The van der Waals surface area contributed by atoms with Gasteiger partial charge in [0.2, 0.25) is 0 Å². The van der Waals surface area contributed by atoms with E-state index in [-0.39, 0.29) is 17.4 Å². The summed E-state index contributed by atoms with van der Waals surface area (Å²) in [5.74, 6) is -0.164. The Hall–Kier alpha value is -1.13. The first-order chi connectivity index (χ1) is 7.89. The molecule has 4 heteroatoms. The lowest BCUT2D eigenvalue weighted by molar-refractivity contribution is 0.00993. The molecule has 1 rings (SSSR count). The molecule has 2 N–H and O–H groups in total. The summed E-state index contributed by atoms with van der Waals surface area (Å²) in [6.07, 6.45) is 0.620. The summed E-state index contributed by atoms with van der Waals surface area (Å²) >= 11 is 0. The van der Waals surface area contributed by atoms with Crippen molar-refractivity contribution >= 4 is 0 Å². The van der Waals surface area contributed by atoms with Gasteiger partial charge in [0.15, 0.2) is 11.6 Å². The molecular formula is C13H20FNO2. The van der Waals surface area contributed by atoms with Gasteiger partial charge in [0.1, 0.15) is 0 Å². The van der Waals surface area contributed by atoms with Crippen molar-refractivity contribution in [1.82, 2.24) is 0 Å². The molecule has 0 aliphatic heterocycles. The Morgan fingerprint density at radius 1 is 1.35 bits per heavy atom. The Morgan fingerprint density at radius 3 is 2.47 bits per heavy atom. The fourth-order valence-corrected chi connectivity index (χ4v) is 1.64. The van der Waals surface area contributed by atoms with E-state index in [1.807, 2.05) is 13.8 Å². The third kappa shape index (κ3) is 3.68. The lowest BCUT2D eigenvalue weighted by atomic mass is 9.94. The van der Waals surface area contributed by atoms with Crippen molar-refractivity contribution in [2.75, 3.05) is 14.2 Å². The molecule has 0 amide bonds. The van der Waals surface area contributed by atoms with Gasteiger partial charge in [-0.3, -0.25) is 0 Å². The second-order valence-electron chi connectivity index (χ2n) is 4.67. The van der Waals surface area contributed by atoms with Gasteiger partial charge < -0.3 is 15.2 Å². The smallest absolute Gasteiger partial charge is 0.165 e. The molecule has 0 bridgehead atoms. The Morgan fingerprint density at radius 2 is 2.00 bits per heavy atom. The molecule has 0 aliphatic carbocycles. The lowest BCUT2D eigenvalue weighted by Crippen LogP contribution is -2.28. The summed E-state index contributed by atoms with van der Waals surface area (Å²) in [6.45, 7) is 3.90. The fraction of sp³-hybridized carbons (Fsp3) is 0.538. The first kappa shape index (κ1) is 13.9. The van der Waals surface area contributed by atoms with Gasteiger partial charge in [-0.15, -0.1) is 0 Å². The normalized spacial score (nSPS) is 13.5. The van der Waals surface area contributed by atoms with Gasteiger partial charge in [0.05, 0.1) is 12.7 Å². The van der Waals surface area contributed by atoms with Crippen molar-refractivity contribution in [1.29, 1.82) is 0 Å². The Bertz CT molecular complexity index is 380. The summed E-state index contributed by atoms with van der Waals surface area (Å²) in [5, 5.41) is 0. The van der Waals surface area contributed by atoms with Crippen molar-refractivity contribution in [2.24, 2.45) is 5.73 Å². The van der Waals surface area contributed by atoms with Crippen LogP contribution < -0.4 is 10.5 Å². The Kier molecular flexibility index (Phi) is 4.48. The van der Waals surface area contributed by atoms with Gasteiger partial charge in [-0.1, -0.05) is 6.07 Å². The van der Waals surface area contributed by atoms with Gasteiger partial charge >= 0.3 is 0 Å². The zero-order valence-electron chi connectivity index (χ0n) is 10.8. The van der Waals surface area contributed by atoms with Crippen LogP contribution in [0.4, 0.5) is 4.39 Å². The van der Waals surface area contributed by atoms with E-state index in [2.05, 4.69) is 0 Å². The maximum atomic E-state index is 13.5. The molecule has 1 aromatic carbocycles. The maximum Gasteiger partial charge on any atom is 0.165 e. The highest BCUT2D eigenvalue weighted by Crippen LogP contribution is 2.27. The topological polar surface area (TPSA) is 44.5 Å². The molecule has 0 saturated carbocycles. The lowest BCUT2D eigenvalue weighted by Gasteiger charge is -2.26. The largest absolute Gasteiger partial charge is 0.494 e. The standard InChI is InChI=1S/C13H20FNO2/c1-13(2,17-4)8-11(15)9-5-6-12(16-3)10(14)7-9/h5-7,11H,8,15H2,1-4H3. The molecular weight excluding hydrogens is 221 g/mol. The third-order valence-electron chi connectivity index (χ3n) is 2.87. The van der Waals surface area contributed by atoms with Gasteiger partial charge in [-0.05, 0) is 38.0 Å². The van der Waals surface area contributed by atoms with Crippen molar-refractivity contribution in [2.45, 2.75) is 31.9 Å². The second-order valence-corrected chi connectivity index (χ2v) is 4.67. The molecule has 0 aromatic heterocycles. The molecule has 1 aromatic rings. The maximum absolute atomic E-state index is 13.5. The summed E-state index contributed by atoms with van der Waals surface area (Å²) < 4.78 is 23.7. The molecule has 3 nitrogen and oxygen atoms in total. The molecule has 17 heavy (non-hydrogen) atoms. The number of halogens is 1. The SMILES string of the molecule is COc1ccc(C(N)CC(C)(C)OC)cc1F. The van der Waals surface area contributed by atoms with Crippen LogP contribution in [0.2, 0.25) is 0 Å². The average Bonchev–Trinajstić information content (AvgIpc) is 2.28. The fourth-order valence-electron chi connectivity index (χ4n) is 1.64. The van der Waals surface area contributed by atoms with Crippen molar-refractivity contribution in [3.63, 3.8) is 0 Å². The van der Waals surface area contributed by atoms with E-state index in [0.717, 1.165) is 5.56 Å². The van der Waals surface area contributed by atoms with E-state index in [1.165, 1.54) is 13.2 Å². The molecule has 1 unspecified atom stereocenters. The van der Waals surface area contributed by atoms with E-state index in [4.69, 9.17) is 15.2 Å². The van der Waals surface area contributed by atoms with Crippen LogP contribution in [0.3, 0.4) is 0 Å². The third-order valence-corrected chi connectivity index (χ3v) is 2.87. The molecule has 0 radical (unpaired) electrons. The van der Waals surface area contributed by atoms with Crippen LogP contribution in [0.1, 0.15) is 31.9 Å². The van der Waals surface area contributed by atoms with E-state index in [1.54, 1.807) is 19.2 Å². The summed E-state index contributed by atoms with van der Waals surface area (Å²) in [4.78, 5) is 0. The zero-order valence-corrected chi connectivity index (χ0v) is 10.8. The minimum Gasteiger partial charge on any atom is -0.494 e. The second kappa shape index (κ2) is 5.47. The molecule has 96 valence electrons. The molecule has 0 saturated heterocycles. The number of methoxy groups -OCH3 is 2. The highest BCUT2D eigenvalue weighted by Gasteiger charge is 2.22. The predicted molar refractivity (Wildman–Crippen MR) is 65.6 cm³/mol. The van der Waals surface area contributed by atoms with Gasteiger partial charge in [-0.2, -0.15) is 0 Å². The summed E-state index contributed by atoms with van der Waals surface area (Å²) in [5.41, 5.74) is 6.45. The molecule has 0 fully saturated rings. The minimum absolute atomic E-state index is 0.229. The zero-order chi connectivity index (χ0) is 13.1. The molecule has 1 atom stereocenters. The minimum atomic E-state index is -0.393. The molecule has 0 heterocycles. The highest BCUT2D eigenvalue weighted by atomic mass is 19.1. The number of nitrogens with two attached hydrogens (primary N) is 1. The number of hydrogen-bond acceptors (Lipinski definition) is 3. The summed E-state index contributed by atoms with van der Waals surface area (Å²) in [6, 6.07) is 4.52. The van der Waals surface area contributed by atoms with Crippen LogP contribution >= 0.6 is 0 Å². The monoisotopic (exact) mass is 241 g/mol. The number of rotatable bonds is 5. The van der Waals surface area contributed by atoms with Gasteiger partial charge in [0.25, 0.3) is 0 Å². The van der Waals surface area contributed by atoms with Crippen LogP contribution in [-0.4, -0.2) is 19.8 Å². The first-order valence-electron chi connectivity index (χ1n) is 5.54. The summed E-state index contributed by atoms with van der Waals surface area (Å²) in [7, 11) is 3.08. The van der Waals surface area contributed by atoms with Gasteiger partial charge in [-0.25, -0.2) is 4.39 Å². The average molecular weight is 241 g/mol. The first-order valence-corrected chi connectivity index (χ1v) is 5.54. The van der Waals surface area contributed by atoms with Crippen LogP contribution in [0.5, 0.6) is 5.75 Å². The Balaban J connectivity index is 2.83. The van der Waals surface area contributed by atoms with E-state index in [0.29, 0.717) is 6.42 Å². The van der Waals surface area contributed by atoms with Gasteiger partial charge in [0, 0.05) is 13.2 Å². The van der Waals surface area contributed by atoms with E-state index < -0.39 is 5.82 Å². The van der Waals surface area contributed by atoms with Crippen LogP contribution in [-0.2, 0) is 4.74 Å². The number of hydrogen-bond donors (Lipinski definition) is 1. The Labute approximate surface area is 102 Å². The van der Waals surface area contributed by atoms with Crippen molar-refractivity contribution < 1.29 is 13.9 Å². The highest BCUT2D eigenvalue weighted by molar-refractivity contribution is 5.31.